The Kier molecular flexibility index (Phi) is 2.73. The SMILES string of the molecule is COC(=O)c1cc(-c2cccs2)ncn1. The van der Waals surface area contributed by atoms with Crippen LogP contribution in [0.3, 0.4) is 0 Å². The van der Waals surface area contributed by atoms with Gasteiger partial charge in [0.15, 0.2) is 5.69 Å². The highest BCUT2D eigenvalue weighted by molar-refractivity contribution is 7.13. The number of carbonyl (C=O) groups is 1. The summed E-state index contributed by atoms with van der Waals surface area (Å²) in [7, 11) is 1.33. The highest BCUT2D eigenvalue weighted by Crippen LogP contribution is 2.22. The third-order valence-electron chi connectivity index (χ3n) is 1.84. The van der Waals surface area contributed by atoms with Crippen molar-refractivity contribution in [3.8, 4) is 10.6 Å². The van der Waals surface area contributed by atoms with Crippen LogP contribution in [0.25, 0.3) is 10.6 Å². The van der Waals surface area contributed by atoms with Crippen LogP contribution < -0.4 is 0 Å². The summed E-state index contributed by atoms with van der Waals surface area (Å²) in [6.07, 6.45) is 1.36. The van der Waals surface area contributed by atoms with E-state index >= 15 is 0 Å². The van der Waals surface area contributed by atoms with Gasteiger partial charge in [-0.2, -0.15) is 0 Å². The lowest BCUT2D eigenvalue weighted by molar-refractivity contribution is 0.0594. The van der Waals surface area contributed by atoms with Gasteiger partial charge in [-0.05, 0) is 17.5 Å². The van der Waals surface area contributed by atoms with Gasteiger partial charge in [0.05, 0.1) is 17.7 Å². The van der Waals surface area contributed by atoms with Crippen molar-refractivity contribution in [2.24, 2.45) is 0 Å². The van der Waals surface area contributed by atoms with Gasteiger partial charge in [-0.3, -0.25) is 0 Å². The lowest BCUT2D eigenvalue weighted by atomic mass is 10.3. The molecule has 0 N–H and O–H groups in total. The molecule has 0 aliphatic heterocycles. The molecule has 0 saturated carbocycles. The number of esters is 1. The van der Waals surface area contributed by atoms with Crippen LogP contribution in [0.1, 0.15) is 10.5 Å². The Morgan fingerprint density at radius 3 is 3.00 bits per heavy atom. The lowest BCUT2D eigenvalue weighted by Gasteiger charge is -1.99. The van der Waals surface area contributed by atoms with Crippen molar-refractivity contribution in [3.05, 3.63) is 35.6 Å². The van der Waals surface area contributed by atoms with Crippen molar-refractivity contribution in [1.29, 1.82) is 0 Å². The Balaban J connectivity index is 2.39. The van der Waals surface area contributed by atoms with Crippen LogP contribution in [0.5, 0.6) is 0 Å². The summed E-state index contributed by atoms with van der Waals surface area (Å²) in [6.45, 7) is 0. The molecule has 0 aromatic carbocycles. The topological polar surface area (TPSA) is 52.1 Å². The molecule has 2 aromatic rings. The van der Waals surface area contributed by atoms with Crippen LogP contribution >= 0.6 is 11.3 Å². The van der Waals surface area contributed by atoms with Gasteiger partial charge in [-0.25, -0.2) is 14.8 Å². The predicted molar refractivity (Wildman–Crippen MR) is 56.7 cm³/mol. The minimum Gasteiger partial charge on any atom is -0.464 e. The van der Waals surface area contributed by atoms with Crippen LogP contribution in [0.4, 0.5) is 0 Å². The summed E-state index contributed by atoms with van der Waals surface area (Å²) in [5.41, 5.74) is 1.01. The van der Waals surface area contributed by atoms with E-state index < -0.39 is 5.97 Å². The fraction of sp³-hybridized carbons (Fsp3) is 0.100. The van der Waals surface area contributed by atoms with Gasteiger partial charge in [-0.1, -0.05) is 6.07 Å². The van der Waals surface area contributed by atoms with Gasteiger partial charge >= 0.3 is 5.97 Å². The first-order valence-electron chi connectivity index (χ1n) is 4.25. The molecule has 0 aliphatic carbocycles. The molecule has 0 bridgehead atoms. The summed E-state index contributed by atoms with van der Waals surface area (Å²) < 4.78 is 4.58. The minimum atomic E-state index is -0.449. The lowest BCUT2D eigenvalue weighted by Crippen LogP contribution is -2.04. The van der Waals surface area contributed by atoms with Gasteiger partial charge in [0, 0.05) is 0 Å². The zero-order valence-corrected chi connectivity index (χ0v) is 8.82. The molecule has 0 atom stereocenters. The van der Waals surface area contributed by atoms with Crippen LogP contribution in [0.15, 0.2) is 29.9 Å². The summed E-state index contributed by atoms with van der Waals surface area (Å²) in [5, 5.41) is 1.95. The fourth-order valence-electron chi connectivity index (χ4n) is 1.13. The van der Waals surface area contributed by atoms with E-state index in [4.69, 9.17) is 0 Å². The Morgan fingerprint density at radius 1 is 1.47 bits per heavy atom. The molecule has 76 valence electrons. The average molecular weight is 220 g/mol. The Bertz CT molecular complexity index is 468. The number of methoxy groups -OCH3 is 1. The van der Waals surface area contributed by atoms with Gasteiger partial charge < -0.3 is 4.74 Å². The molecule has 0 saturated heterocycles. The Hall–Kier alpha value is -1.75. The van der Waals surface area contributed by atoms with E-state index in [-0.39, 0.29) is 5.69 Å². The van der Waals surface area contributed by atoms with Crippen molar-refractivity contribution in [3.63, 3.8) is 0 Å². The maximum atomic E-state index is 11.2. The van der Waals surface area contributed by atoms with E-state index in [0.29, 0.717) is 0 Å². The zero-order valence-electron chi connectivity index (χ0n) is 8.01. The van der Waals surface area contributed by atoms with Crippen LogP contribution in [0.2, 0.25) is 0 Å². The second-order valence-corrected chi connectivity index (χ2v) is 3.71. The molecule has 0 fully saturated rings. The zero-order chi connectivity index (χ0) is 10.7. The molecule has 5 heteroatoms. The van der Waals surface area contributed by atoms with E-state index in [2.05, 4.69) is 14.7 Å². The standard InChI is InChI=1S/C10H8N2O2S/c1-14-10(13)8-5-7(11-6-12-8)9-3-2-4-15-9/h2-6H,1H3. The molecule has 2 rings (SSSR count). The third kappa shape index (κ3) is 2.02. The molecule has 4 nitrogen and oxygen atoms in total. The van der Waals surface area contributed by atoms with E-state index in [1.807, 2.05) is 17.5 Å². The van der Waals surface area contributed by atoms with Crippen molar-refractivity contribution in [1.82, 2.24) is 9.97 Å². The van der Waals surface area contributed by atoms with E-state index in [1.54, 1.807) is 17.4 Å². The second-order valence-electron chi connectivity index (χ2n) is 2.76. The second kappa shape index (κ2) is 4.18. The smallest absolute Gasteiger partial charge is 0.356 e. The molecule has 0 aliphatic rings. The summed E-state index contributed by atoms with van der Waals surface area (Å²) in [5.74, 6) is -0.449. The highest BCUT2D eigenvalue weighted by Gasteiger charge is 2.09. The van der Waals surface area contributed by atoms with Crippen LogP contribution in [0, 0.1) is 0 Å². The molecule has 15 heavy (non-hydrogen) atoms. The van der Waals surface area contributed by atoms with Crippen LogP contribution in [-0.4, -0.2) is 23.0 Å². The van der Waals surface area contributed by atoms with E-state index in [1.165, 1.54) is 13.4 Å². The number of ether oxygens (including phenoxy) is 1. The van der Waals surface area contributed by atoms with Gasteiger partial charge in [0.2, 0.25) is 0 Å². The molecule has 0 unspecified atom stereocenters. The molecule has 0 spiro atoms. The monoisotopic (exact) mass is 220 g/mol. The normalized spacial score (nSPS) is 9.93. The first-order valence-corrected chi connectivity index (χ1v) is 5.13. The molecular formula is C10H8N2O2S. The van der Waals surface area contributed by atoms with E-state index in [0.717, 1.165) is 10.6 Å². The Labute approximate surface area is 90.6 Å². The van der Waals surface area contributed by atoms with Crippen LogP contribution in [-0.2, 0) is 4.74 Å². The largest absolute Gasteiger partial charge is 0.464 e. The Morgan fingerprint density at radius 2 is 2.33 bits per heavy atom. The van der Waals surface area contributed by atoms with Gasteiger partial charge in [0.25, 0.3) is 0 Å². The number of thiophene rings is 1. The average Bonchev–Trinajstić information content (AvgIpc) is 2.82. The quantitative estimate of drug-likeness (QED) is 0.726. The minimum absolute atomic E-state index is 0.274. The van der Waals surface area contributed by atoms with E-state index in [9.17, 15) is 4.79 Å². The third-order valence-corrected chi connectivity index (χ3v) is 2.73. The fourth-order valence-corrected chi connectivity index (χ4v) is 1.83. The van der Waals surface area contributed by atoms with Gasteiger partial charge in [-0.15, -0.1) is 11.3 Å². The molecule has 0 radical (unpaired) electrons. The number of carbonyl (C=O) groups excluding carboxylic acids is 1. The first-order chi connectivity index (χ1) is 7.31. The van der Waals surface area contributed by atoms with Gasteiger partial charge in [0.1, 0.15) is 6.33 Å². The highest BCUT2D eigenvalue weighted by atomic mass is 32.1. The van der Waals surface area contributed by atoms with Crippen molar-refractivity contribution in [2.75, 3.05) is 7.11 Å². The maximum absolute atomic E-state index is 11.2. The van der Waals surface area contributed by atoms with Crippen molar-refractivity contribution in [2.45, 2.75) is 0 Å². The first kappa shape index (κ1) is 9.79. The number of rotatable bonds is 2. The number of hydrogen-bond acceptors (Lipinski definition) is 5. The maximum Gasteiger partial charge on any atom is 0.356 e. The number of aromatic nitrogens is 2. The predicted octanol–water partition coefficient (Wildman–Crippen LogP) is 1.99. The molecule has 2 aromatic heterocycles. The summed E-state index contributed by atoms with van der Waals surface area (Å²) in [4.78, 5) is 20.2. The summed E-state index contributed by atoms with van der Waals surface area (Å²) >= 11 is 1.56. The van der Waals surface area contributed by atoms with Crippen molar-refractivity contribution >= 4 is 17.3 Å². The molecule has 2 heterocycles. The summed E-state index contributed by atoms with van der Waals surface area (Å²) in [6, 6.07) is 5.49. The number of nitrogens with zero attached hydrogens (tertiary/aromatic N) is 2. The number of hydrogen-bond donors (Lipinski definition) is 0. The van der Waals surface area contributed by atoms with Crippen molar-refractivity contribution < 1.29 is 9.53 Å². The molecular weight excluding hydrogens is 212 g/mol. The molecule has 0 amide bonds.